The lowest BCUT2D eigenvalue weighted by Gasteiger charge is -2.52. The lowest BCUT2D eigenvalue weighted by atomic mass is 9.54. The maximum atomic E-state index is 5.09. The van der Waals surface area contributed by atoms with E-state index in [1.54, 1.807) is 0 Å². The molecule has 31 heavy (non-hydrogen) atoms. The third kappa shape index (κ3) is 3.01. The van der Waals surface area contributed by atoms with E-state index in [-0.39, 0.29) is 0 Å². The minimum atomic E-state index is 0.491. The Bertz CT molecular complexity index is 1140. The van der Waals surface area contributed by atoms with Gasteiger partial charge in [-0.1, -0.05) is 6.92 Å². The number of nitrogens with zero attached hydrogens (tertiary/aromatic N) is 6. The van der Waals surface area contributed by atoms with Crippen molar-refractivity contribution in [3.05, 3.63) is 34.9 Å². The number of rotatable bonds is 3. The van der Waals surface area contributed by atoms with Gasteiger partial charge in [0, 0.05) is 50.1 Å². The van der Waals surface area contributed by atoms with E-state index >= 15 is 0 Å². The van der Waals surface area contributed by atoms with E-state index in [2.05, 4.69) is 41.5 Å². The molecule has 7 rings (SSSR count). The molecule has 164 valence electrons. The van der Waals surface area contributed by atoms with Crippen LogP contribution in [-0.4, -0.2) is 31.1 Å². The van der Waals surface area contributed by atoms with Gasteiger partial charge in [0.05, 0.1) is 23.0 Å². The summed E-state index contributed by atoms with van der Waals surface area (Å²) in [4.78, 5) is 7.21. The van der Waals surface area contributed by atoms with E-state index in [0.29, 0.717) is 10.8 Å². The molecule has 3 aromatic heterocycles. The molecular weight excluding hydrogens is 384 g/mol. The van der Waals surface area contributed by atoms with E-state index in [4.69, 9.17) is 10.1 Å². The topological polar surface area (TPSA) is 51.8 Å². The molecule has 3 saturated carbocycles. The SMILES string of the molecule is Cc1cc(N2CCc3c(c(C)nn3CC34CCC(C)(CC3)CC4)C2)c2cnn(C)c2n1. The first kappa shape index (κ1) is 19.3. The Morgan fingerprint density at radius 3 is 2.55 bits per heavy atom. The second kappa shape index (κ2) is 6.57. The molecule has 6 heteroatoms. The quantitative estimate of drug-likeness (QED) is 0.618. The fourth-order valence-electron chi connectivity index (χ4n) is 6.49. The molecule has 4 heterocycles. The van der Waals surface area contributed by atoms with Crippen LogP contribution in [0.4, 0.5) is 5.69 Å². The van der Waals surface area contributed by atoms with Gasteiger partial charge in [0.15, 0.2) is 5.65 Å². The van der Waals surface area contributed by atoms with Gasteiger partial charge in [-0.15, -0.1) is 0 Å². The highest BCUT2D eigenvalue weighted by Gasteiger charge is 2.46. The average molecular weight is 419 g/mol. The molecule has 3 fully saturated rings. The molecule has 0 atom stereocenters. The van der Waals surface area contributed by atoms with Crippen molar-refractivity contribution < 1.29 is 0 Å². The first-order valence-corrected chi connectivity index (χ1v) is 11.9. The zero-order valence-electron chi connectivity index (χ0n) is 19.4. The van der Waals surface area contributed by atoms with Gasteiger partial charge >= 0.3 is 0 Å². The molecule has 2 bridgehead atoms. The zero-order chi connectivity index (χ0) is 21.4. The van der Waals surface area contributed by atoms with E-state index in [0.717, 1.165) is 42.8 Å². The van der Waals surface area contributed by atoms with Crippen LogP contribution in [-0.2, 0) is 26.6 Å². The van der Waals surface area contributed by atoms with Crippen molar-refractivity contribution >= 4 is 16.7 Å². The first-order chi connectivity index (χ1) is 14.8. The largest absolute Gasteiger partial charge is 0.366 e. The molecular formula is C25H34N6. The lowest BCUT2D eigenvalue weighted by molar-refractivity contribution is -0.0111. The van der Waals surface area contributed by atoms with Crippen molar-refractivity contribution in [1.29, 1.82) is 0 Å². The van der Waals surface area contributed by atoms with Gasteiger partial charge in [0.1, 0.15) is 0 Å². The number of hydrogen-bond acceptors (Lipinski definition) is 4. The summed E-state index contributed by atoms with van der Waals surface area (Å²) in [6.07, 6.45) is 11.4. The van der Waals surface area contributed by atoms with Gasteiger partial charge in [-0.3, -0.25) is 9.36 Å². The Morgan fingerprint density at radius 2 is 1.81 bits per heavy atom. The molecule has 0 spiro atoms. The number of fused-ring (bicyclic) bond motifs is 5. The average Bonchev–Trinajstić information content (AvgIpc) is 3.28. The van der Waals surface area contributed by atoms with Crippen LogP contribution in [0.3, 0.4) is 0 Å². The maximum absolute atomic E-state index is 5.09. The summed E-state index contributed by atoms with van der Waals surface area (Å²) >= 11 is 0. The predicted octanol–water partition coefficient (Wildman–Crippen LogP) is 4.70. The van der Waals surface area contributed by atoms with Gasteiger partial charge in [-0.25, -0.2) is 4.98 Å². The van der Waals surface area contributed by atoms with Crippen molar-refractivity contribution in [3.8, 4) is 0 Å². The van der Waals surface area contributed by atoms with Gasteiger partial charge < -0.3 is 4.90 Å². The van der Waals surface area contributed by atoms with Crippen molar-refractivity contribution in [3.63, 3.8) is 0 Å². The van der Waals surface area contributed by atoms with Crippen molar-refractivity contribution in [2.24, 2.45) is 17.9 Å². The van der Waals surface area contributed by atoms with Crippen molar-refractivity contribution in [2.45, 2.75) is 78.8 Å². The molecule has 3 aliphatic carbocycles. The normalized spacial score (nSPS) is 27.8. The smallest absolute Gasteiger partial charge is 0.159 e. The number of pyridine rings is 1. The summed E-state index contributed by atoms with van der Waals surface area (Å²) in [5, 5.41) is 10.7. The third-order valence-corrected chi connectivity index (χ3v) is 8.75. The van der Waals surface area contributed by atoms with E-state index in [1.165, 1.54) is 61.2 Å². The Balaban J connectivity index is 1.30. The van der Waals surface area contributed by atoms with Crippen LogP contribution in [0, 0.1) is 24.7 Å². The molecule has 0 saturated heterocycles. The summed E-state index contributed by atoms with van der Waals surface area (Å²) in [6, 6.07) is 2.22. The van der Waals surface area contributed by atoms with Crippen LogP contribution < -0.4 is 4.90 Å². The Labute approximate surface area is 184 Å². The van der Waals surface area contributed by atoms with E-state index in [1.807, 2.05) is 17.9 Å². The number of anilines is 1. The van der Waals surface area contributed by atoms with Gasteiger partial charge in [0.2, 0.25) is 0 Å². The Kier molecular flexibility index (Phi) is 4.09. The summed E-state index contributed by atoms with van der Waals surface area (Å²) in [6.45, 7) is 9.86. The Hall–Kier alpha value is -2.37. The van der Waals surface area contributed by atoms with Crippen molar-refractivity contribution in [2.75, 3.05) is 11.4 Å². The van der Waals surface area contributed by atoms with Crippen LogP contribution in [0.25, 0.3) is 11.0 Å². The lowest BCUT2D eigenvalue weighted by Crippen LogP contribution is -2.43. The molecule has 1 aliphatic heterocycles. The zero-order valence-corrected chi connectivity index (χ0v) is 19.4. The highest BCUT2D eigenvalue weighted by Crippen LogP contribution is 2.57. The van der Waals surface area contributed by atoms with E-state index < -0.39 is 0 Å². The summed E-state index contributed by atoms with van der Waals surface area (Å²) < 4.78 is 4.29. The van der Waals surface area contributed by atoms with Crippen LogP contribution in [0.15, 0.2) is 12.3 Å². The maximum Gasteiger partial charge on any atom is 0.159 e. The molecule has 0 unspecified atom stereocenters. The molecule has 3 aromatic rings. The monoisotopic (exact) mass is 418 g/mol. The summed E-state index contributed by atoms with van der Waals surface area (Å²) in [7, 11) is 1.97. The second-order valence-electron chi connectivity index (χ2n) is 10.9. The highest BCUT2D eigenvalue weighted by molar-refractivity contribution is 5.89. The fraction of sp³-hybridized carbons (Fsp3) is 0.640. The Morgan fingerprint density at radius 1 is 1.06 bits per heavy atom. The van der Waals surface area contributed by atoms with Crippen LogP contribution in [0.2, 0.25) is 0 Å². The number of hydrogen-bond donors (Lipinski definition) is 0. The van der Waals surface area contributed by atoms with Crippen molar-refractivity contribution in [1.82, 2.24) is 24.5 Å². The highest BCUT2D eigenvalue weighted by atomic mass is 15.3. The molecule has 6 nitrogen and oxygen atoms in total. The minimum absolute atomic E-state index is 0.491. The number of aromatic nitrogens is 5. The second-order valence-corrected chi connectivity index (χ2v) is 10.9. The molecule has 0 amide bonds. The van der Waals surface area contributed by atoms with Crippen LogP contribution >= 0.6 is 0 Å². The molecule has 0 radical (unpaired) electrons. The first-order valence-electron chi connectivity index (χ1n) is 11.9. The molecule has 0 aromatic carbocycles. The summed E-state index contributed by atoms with van der Waals surface area (Å²) in [5.74, 6) is 0. The third-order valence-electron chi connectivity index (χ3n) is 8.75. The molecule has 4 aliphatic rings. The number of aryl methyl sites for hydroxylation is 3. The van der Waals surface area contributed by atoms with Gasteiger partial charge in [-0.2, -0.15) is 10.2 Å². The van der Waals surface area contributed by atoms with E-state index in [9.17, 15) is 0 Å². The fourth-order valence-corrected chi connectivity index (χ4v) is 6.49. The minimum Gasteiger partial charge on any atom is -0.366 e. The molecule has 0 N–H and O–H groups in total. The van der Waals surface area contributed by atoms with Crippen LogP contribution in [0.1, 0.15) is 68.1 Å². The summed E-state index contributed by atoms with van der Waals surface area (Å²) in [5.41, 5.74) is 8.51. The van der Waals surface area contributed by atoms with Gasteiger partial charge in [0.25, 0.3) is 0 Å². The van der Waals surface area contributed by atoms with Gasteiger partial charge in [-0.05, 0) is 69.3 Å². The van der Waals surface area contributed by atoms with Crippen LogP contribution in [0.5, 0.6) is 0 Å². The standard InChI is InChI=1S/C25H34N6/c1-17-13-22(19-14-26-29(4)23(19)27-17)30-12-5-21-20(15-30)18(2)28-31(21)16-25-9-6-24(3,7-10-25)8-11-25/h13-14H,5-12,15-16H2,1-4H3. The predicted molar refractivity (Wildman–Crippen MR) is 123 cm³/mol.